The maximum atomic E-state index is 5.70. The molecular weight excluding hydrogens is 292 g/mol. The van der Waals surface area contributed by atoms with Crippen LogP contribution >= 0.6 is 22.7 Å². The molecule has 1 fully saturated rings. The predicted octanol–water partition coefficient (Wildman–Crippen LogP) is 3.64. The molecule has 0 aromatic carbocycles. The minimum absolute atomic E-state index is 0.179. The first-order valence-corrected chi connectivity index (χ1v) is 8.58. The molecule has 0 spiro atoms. The lowest BCUT2D eigenvalue weighted by atomic mass is 10.2. The summed E-state index contributed by atoms with van der Waals surface area (Å²) in [6, 6.07) is 0. The van der Waals surface area contributed by atoms with E-state index >= 15 is 0 Å². The molecule has 1 aliphatic rings. The number of hydrogen-bond donors (Lipinski definition) is 1. The Morgan fingerprint density at radius 2 is 2.25 bits per heavy atom. The Balaban J connectivity index is 1.80. The van der Waals surface area contributed by atoms with E-state index in [1.165, 1.54) is 0 Å². The number of anilines is 1. The summed E-state index contributed by atoms with van der Waals surface area (Å²) < 4.78 is 5.70. The Kier molecular flexibility index (Phi) is 4.28. The Hall–Kier alpha value is -1.05. The summed E-state index contributed by atoms with van der Waals surface area (Å²) >= 11 is 3.28. The van der Waals surface area contributed by atoms with Gasteiger partial charge in [0.15, 0.2) is 5.01 Å². The van der Waals surface area contributed by atoms with Crippen LogP contribution in [0.1, 0.15) is 43.0 Å². The third-order valence-corrected chi connectivity index (χ3v) is 5.45. The molecular formula is C13H18N4OS2. The monoisotopic (exact) mass is 310 g/mol. The molecule has 1 atom stereocenters. The molecule has 3 rings (SSSR count). The van der Waals surface area contributed by atoms with E-state index in [1.54, 1.807) is 22.7 Å². The summed E-state index contributed by atoms with van der Waals surface area (Å²) in [5.41, 5.74) is 1.03. The smallest absolute Gasteiger partial charge is 0.206 e. The van der Waals surface area contributed by atoms with Gasteiger partial charge in [0, 0.05) is 13.2 Å². The van der Waals surface area contributed by atoms with Gasteiger partial charge in [-0.15, -0.1) is 21.5 Å². The zero-order valence-corrected chi connectivity index (χ0v) is 13.3. The SMILES string of the molecule is CCCNc1nnc(-c2sc(C3CCCO3)nc2C)s1. The van der Waals surface area contributed by atoms with Crippen LogP contribution in [-0.2, 0) is 4.74 Å². The summed E-state index contributed by atoms with van der Waals surface area (Å²) in [5, 5.41) is 14.6. The second-order valence-electron chi connectivity index (χ2n) is 4.81. The van der Waals surface area contributed by atoms with Crippen molar-refractivity contribution in [1.82, 2.24) is 15.2 Å². The number of thiazole rings is 1. The molecule has 3 heterocycles. The number of nitrogens with one attached hydrogen (secondary N) is 1. The zero-order valence-electron chi connectivity index (χ0n) is 11.7. The minimum atomic E-state index is 0.179. The molecule has 20 heavy (non-hydrogen) atoms. The van der Waals surface area contributed by atoms with Crippen molar-refractivity contribution in [2.24, 2.45) is 0 Å². The van der Waals surface area contributed by atoms with Crippen LogP contribution in [0.3, 0.4) is 0 Å². The third-order valence-electron chi connectivity index (χ3n) is 3.16. The van der Waals surface area contributed by atoms with Crippen LogP contribution in [0.5, 0.6) is 0 Å². The molecule has 0 radical (unpaired) electrons. The predicted molar refractivity (Wildman–Crippen MR) is 82.5 cm³/mol. The van der Waals surface area contributed by atoms with Gasteiger partial charge in [0.25, 0.3) is 0 Å². The first-order valence-electron chi connectivity index (χ1n) is 6.94. The number of hydrogen-bond acceptors (Lipinski definition) is 7. The van der Waals surface area contributed by atoms with Gasteiger partial charge < -0.3 is 10.1 Å². The second-order valence-corrected chi connectivity index (χ2v) is 6.82. The topological polar surface area (TPSA) is 59.9 Å². The molecule has 0 aliphatic carbocycles. The maximum absolute atomic E-state index is 5.70. The lowest BCUT2D eigenvalue weighted by molar-refractivity contribution is 0.111. The highest BCUT2D eigenvalue weighted by atomic mass is 32.1. The summed E-state index contributed by atoms with van der Waals surface area (Å²) in [7, 11) is 0. The molecule has 1 N–H and O–H groups in total. The first-order chi connectivity index (χ1) is 9.78. The molecule has 2 aromatic rings. The van der Waals surface area contributed by atoms with E-state index in [9.17, 15) is 0 Å². The summed E-state index contributed by atoms with van der Waals surface area (Å²) in [6.45, 7) is 5.95. The van der Waals surface area contributed by atoms with E-state index in [0.717, 1.165) is 58.1 Å². The van der Waals surface area contributed by atoms with E-state index in [1.807, 2.05) is 6.92 Å². The first kappa shape index (κ1) is 13.9. The zero-order chi connectivity index (χ0) is 13.9. The Morgan fingerprint density at radius 1 is 1.35 bits per heavy atom. The molecule has 0 bridgehead atoms. The van der Waals surface area contributed by atoms with Crippen molar-refractivity contribution in [3.8, 4) is 9.88 Å². The van der Waals surface area contributed by atoms with Crippen molar-refractivity contribution >= 4 is 27.8 Å². The lowest BCUT2D eigenvalue weighted by Crippen LogP contribution is -1.98. The van der Waals surface area contributed by atoms with E-state index in [4.69, 9.17) is 4.74 Å². The van der Waals surface area contributed by atoms with Crippen LogP contribution in [0.4, 0.5) is 5.13 Å². The number of ether oxygens (including phenoxy) is 1. The van der Waals surface area contributed by atoms with Crippen molar-refractivity contribution in [2.75, 3.05) is 18.5 Å². The van der Waals surface area contributed by atoms with E-state index in [2.05, 4.69) is 27.4 Å². The highest BCUT2D eigenvalue weighted by Gasteiger charge is 2.23. The summed E-state index contributed by atoms with van der Waals surface area (Å²) in [6.07, 6.45) is 3.46. The fraction of sp³-hybridized carbons (Fsp3) is 0.615. The van der Waals surface area contributed by atoms with Gasteiger partial charge >= 0.3 is 0 Å². The van der Waals surface area contributed by atoms with Crippen molar-refractivity contribution in [3.05, 3.63) is 10.7 Å². The molecule has 0 amide bonds. The average molecular weight is 310 g/mol. The van der Waals surface area contributed by atoms with Crippen LogP contribution in [-0.4, -0.2) is 28.3 Å². The molecule has 7 heteroatoms. The van der Waals surface area contributed by atoms with Gasteiger partial charge in [0.2, 0.25) is 5.13 Å². The minimum Gasteiger partial charge on any atom is -0.371 e. The van der Waals surface area contributed by atoms with Crippen LogP contribution in [0, 0.1) is 6.92 Å². The van der Waals surface area contributed by atoms with Crippen molar-refractivity contribution < 1.29 is 4.74 Å². The molecule has 108 valence electrons. The molecule has 2 aromatic heterocycles. The number of aromatic nitrogens is 3. The fourth-order valence-corrected chi connectivity index (χ4v) is 4.19. The van der Waals surface area contributed by atoms with Crippen LogP contribution in [0.2, 0.25) is 0 Å². The Labute approximate surface area is 126 Å². The van der Waals surface area contributed by atoms with Gasteiger partial charge in [-0.05, 0) is 26.2 Å². The largest absolute Gasteiger partial charge is 0.371 e. The highest BCUT2D eigenvalue weighted by Crippen LogP contribution is 2.38. The van der Waals surface area contributed by atoms with Gasteiger partial charge in [-0.25, -0.2) is 4.98 Å². The Morgan fingerprint density at radius 3 is 3.00 bits per heavy atom. The van der Waals surface area contributed by atoms with Crippen molar-refractivity contribution in [2.45, 2.75) is 39.2 Å². The van der Waals surface area contributed by atoms with E-state index in [0.29, 0.717) is 0 Å². The van der Waals surface area contributed by atoms with Crippen LogP contribution in [0.25, 0.3) is 9.88 Å². The third kappa shape index (κ3) is 2.84. The van der Waals surface area contributed by atoms with Crippen LogP contribution < -0.4 is 5.32 Å². The number of aryl methyl sites for hydroxylation is 1. The quantitative estimate of drug-likeness (QED) is 0.913. The number of rotatable bonds is 5. The standard InChI is InChI=1S/C13H18N4OS2/c1-3-6-14-13-17-16-12(20-13)10-8(2)15-11(19-10)9-5-4-7-18-9/h9H,3-7H2,1-2H3,(H,14,17). The fourth-order valence-electron chi connectivity index (χ4n) is 2.14. The maximum Gasteiger partial charge on any atom is 0.206 e. The van der Waals surface area contributed by atoms with Gasteiger partial charge in [-0.3, -0.25) is 0 Å². The van der Waals surface area contributed by atoms with Gasteiger partial charge in [0.1, 0.15) is 11.1 Å². The van der Waals surface area contributed by atoms with Crippen molar-refractivity contribution in [3.63, 3.8) is 0 Å². The van der Waals surface area contributed by atoms with Crippen LogP contribution in [0.15, 0.2) is 0 Å². The molecule has 1 saturated heterocycles. The lowest BCUT2D eigenvalue weighted by Gasteiger charge is -2.02. The average Bonchev–Trinajstić information content (AvgIpc) is 3.16. The second kappa shape index (κ2) is 6.15. The highest BCUT2D eigenvalue weighted by molar-refractivity contribution is 7.23. The van der Waals surface area contributed by atoms with Crippen molar-refractivity contribution in [1.29, 1.82) is 0 Å². The number of nitrogens with zero attached hydrogens (tertiary/aromatic N) is 3. The summed E-state index contributed by atoms with van der Waals surface area (Å²) in [5.74, 6) is 0. The summed E-state index contributed by atoms with van der Waals surface area (Å²) in [4.78, 5) is 5.78. The van der Waals surface area contributed by atoms with E-state index < -0.39 is 0 Å². The Bertz CT molecular complexity index is 575. The van der Waals surface area contributed by atoms with Gasteiger partial charge in [-0.2, -0.15) is 0 Å². The van der Waals surface area contributed by atoms with Gasteiger partial charge in [-0.1, -0.05) is 18.3 Å². The molecule has 0 saturated carbocycles. The molecule has 1 unspecified atom stereocenters. The van der Waals surface area contributed by atoms with Gasteiger partial charge in [0.05, 0.1) is 10.6 Å². The normalized spacial score (nSPS) is 18.6. The van der Waals surface area contributed by atoms with E-state index in [-0.39, 0.29) is 6.10 Å². The molecule has 5 nitrogen and oxygen atoms in total. The molecule has 1 aliphatic heterocycles.